The van der Waals surface area contributed by atoms with E-state index in [1.165, 1.54) is 10.7 Å². The second-order valence-electron chi connectivity index (χ2n) is 9.64. The number of carbonyl (C=O) groups excluding carboxylic acids is 2. The van der Waals surface area contributed by atoms with Crippen LogP contribution in [0.4, 0.5) is 5.69 Å². The van der Waals surface area contributed by atoms with Crippen molar-refractivity contribution in [3.63, 3.8) is 0 Å². The maximum Gasteiger partial charge on any atom is 0.245 e. The molecule has 182 valence electrons. The maximum absolute atomic E-state index is 13.8. The number of sulfonamides is 1. The summed E-state index contributed by atoms with van der Waals surface area (Å²) in [6.45, 7) is 5.02. The number of nitrogens with zero attached hydrogens (tertiary/aromatic N) is 2. The SMILES string of the molecule is CCC(=O)N1CCc2cc(Br)cc(S(=O)(=O)N3CCC[C@H](C(=O)N[C@@H]4CCCC[C@H]4C)C3)c21. The smallest absolute Gasteiger partial charge is 0.245 e. The monoisotopic (exact) mass is 539 g/mol. The second-order valence-corrected chi connectivity index (χ2v) is 12.5. The number of benzene rings is 1. The highest BCUT2D eigenvalue weighted by Gasteiger charge is 2.38. The van der Waals surface area contributed by atoms with Crippen molar-refractivity contribution in [1.29, 1.82) is 0 Å². The van der Waals surface area contributed by atoms with E-state index in [1.807, 2.05) is 6.07 Å². The number of fused-ring (bicyclic) bond motifs is 1. The minimum Gasteiger partial charge on any atom is -0.353 e. The molecule has 3 atom stereocenters. The Labute approximate surface area is 205 Å². The van der Waals surface area contributed by atoms with E-state index in [-0.39, 0.29) is 35.2 Å². The largest absolute Gasteiger partial charge is 0.353 e. The molecule has 0 spiro atoms. The summed E-state index contributed by atoms with van der Waals surface area (Å²) >= 11 is 3.45. The molecule has 1 saturated carbocycles. The van der Waals surface area contributed by atoms with Crippen LogP contribution in [0.15, 0.2) is 21.5 Å². The van der Waals surface area contributed by atoms with Crippen molar-refractivity contribution in [2.45, 2.75) is 76.2 Å². The fourth-order valence-electron chi connectivity index (χ4n) is 5.45. The van der Waals surface area contributed by atoms with Crippen LogP contribution in [-0.2, 0) is 26.0 Å². The van der Waals surface area contributed by atoms with Gasteiger partial charge in [0.25, 0.3) is 0 Å². The number of rotatable bonds is 5. The molecule has 2 aliphatic heterocycles. The molecule has 1 saturated heterocycles. The first kappa shape index (κ1) is 24.7. The Morgan fingerprint density at radius 2 is 1.88 bits per heavy atom. The van der Waals surface area contributed by atoms with Gasteiger partial charge in [0.1, 0.15) is 4.90 Å². The van der Waals surface area contributed by atoms with Crippen LogP contribution in [0.1, 0.15) is 64.4 Å². The molecular weight excluding hydrogens is 506 g/mol. The fourth-order valence-corrected chi connectivity index (χ4v) is 7.89. The van der Waals surface area contributed by atoms with Crippen molar-refractivity contribution in [1.82, 2.24) is 9.62 Å². The Hall–Kier alpha value is -1.45. The molecule has 0 aromatic heterocycles. The molecule has 3 aliphatic rings. The topological polar surface area (TPSA) is 86.8 Å². The van der Waals surface area contributed by atoms with Crippen LogP contribution in [0.2, 0.25) is 0 Å². The Kier molecular flexibility index (Phi) is 7.50. The third-order valence-corrected chi connectivity index (χ3v) is 9.75. The Morgan fingerprint density at radius 3 is 2.61 bits per heavy atom. The van der Waals surface area contributed by atoms with Gasteiger partial charge in [-0.05, 0) is 55.7 Å². The van der Waals surface area contributed by atoms with Crippen molar-refractivity contribution in [2.75, 3.05) is 24.5 Å². The third-order valence-electron chi connectivity index (χ3n) is 7.41. The van der Waals surface area contributed by atoms with Crippen LogP contribution < -0.4 is 10.2 Å². The van der Waals surface area contributed by atoms with Gasteiger partial charge in [0.05, 0.1) is 11.6 Å². The van der Waals surface area contributed by atoms with Crippen LogP contribution in [0, 0.1) is 11.8 Å². The highest BCUT2D eigenvalue weighted by atomic mass is 79.9. The summed E-state index contributed by atoms with van der Waals surface area (Å²) in [6.07, 6.45) is 6.73. The van der Waals surface area contributed by atoms with Crippen molar-refractivity contribution in [2.24, 2.45) is 11.8 Å². The van der Waals surface area contributed by atoms with Crippen molar-refractivity contribution in [3.05, 3.63) is 22.2 Å². The van der Waals surface area contributed by atoms with E-state index in [0.29, 0.717) is 54.9 Å². The molecule has 9 heteroatoms. The van der Waals surface area contributed by atoms with Gasteiger partial charge in [0.2, 0.25) is 21.8 Å². The maximum atomic E-state index is 13.8. The summed E-state index contributed by atoms with van der Waals surface area (Å²) in [5.41, 5.74) is 1.37. The number of hydrogen-bond donors (Lipinski definition) is 1. The zero-order valence-electron chi connectivity index (χ0n) is 19.5. The average molecular weight is 541 g/mol. The van der Waals surface area contributed by atoms with E-state index < -0.39 is 10.0 Å². The number of halogens is 1. The molecule has 1 N–H and O–H groups in total. The normalized spacial score (nSPS) is 26.2. The molecule has 4 rings (SSSR count). The second kappa shape index (κ2) is 10.0. The van der Waals surface area contributed by atoms with Crippen LogP contribution in [0.5, 0.6) is 0 Å². The molecule has 0 unspecified atom stereocenters. The lowest BCUT2D eigenvalue weighted by Gasteiger charge is -2.35. The van der Waals surface area contributed by atoms with Gasteiger partial charge in [0, 0.05) is 36.6 Å². The number of nitrogens with one attached hydrogen (secondary N) is 1. The lowest BCUT2D eigenvalue weighted by Crippen LogP contribution is -2.49. The van der Waals surface area contributed by atoms with E-state index in [4.69, 9.17) is 0 Å². The molecule has 1 aromatic rings. The first-order valence-electron chi connectivity index (χ1n) is 12.2. The Morgan fingerprint density at radius 1 is 1.12 bits per heavy atom. The molecule has 0 bridgehead atoms. The standard InChI is InChI=1S/C24H34BrN3O4S/c1-3-22(29)28-12-10-17-13-19(25)14-21(23(17)28)33(31,32)27-11-6-8-18(15-27)24(30)26-20-9-5-4-7-16(20)2/h13-14,16,18,20H,3-12,15H2,1-2H3,(H,26,30)/t16-,18+,20-/m1/s1. The number of amides is 2. The summed E-state index contributed by atoms with van der Waals surface area (Å²) in [5.74, 6) is -0.00497. The molecule has 0 radical (unpaired) electrons. The lowest BCUT2D eigenvalue weighted by atomic mass is 9.85. The number of piperidine rings is 1. The van der Waals surface area contributed by atoms with E-state index in [0.717, 1.165) is 24.8 Å². The van der Waals surface area contributed by atoms with Crippen LogP contribution in [0.25, 0.3) is 0 Å². The molecule has 2 amide bonds. The highest BCUT2D eigenvalue weighted by molar-refractivity contribution is 9.10. The predicted octanol–water partition coefficient (Wildman–Crippen LogP) is 3.84. The quantitative estimate of drug-likeness (QED) is 0.615. The molecule has 7 nitrogen and oxygen atoms in total. The molecule has 1 aromatic carbocycles. The molecule has 33 heavy (non-hydrogen) atoms. The zero-order valence-corrected chi connectivity index (χ0v) is 21.9. The summed E-state index contributed by atoms with van der Waals surface area (Å²) in [5, 5.41) is 3.21. The summed E-state index contributed by atoms with van der Waals surface area (Å²) in [4.78, 5) is 27.3. The van der Waals surface area contributed by atoms with Gasteiger partial charge in [-0.25, -0.2) is 8.42 Å². The minimum atomic E-state index is -3.87. The van der Waals surface area contributed by atoms with Gasteiger partial charge in [0.15, 0.2) is 0 Å². The summed E-state index contributed by atoms with van der Waals surface area (Å²) < 4.78 is 29.7. The van der Waals surface area contributed by atoms with E-state index in [1.54, 1.807) is 17.9 Å². The highest BCUT2D eigenvalue weighted by Crippen LogP contribution is 2.40. The molecule has 1 aliphatic carbocycles. The van der Waals surface area contributed by atoms with E-state index in [9.17, 15) is 18.0 Å². The first-order valence-corrected chi connectivity index (χ1v) is 14.4. The zero-order chi connectivity index (χ0) is 23.8. The summed E-state index contributed by atoms with van der Waals surface area (Å²) in [7, 11) is -3.87. The van der Waals surface area contributed by atoms with Gasteiger partial charge in [-0.15, -0.1) is 0 Å². The number of carbonyl (C=O) groups is 2. The minimum absolute atomic E-state index is 0.0316. The Balaban J connectivity index is 1.57. The molecule has 2 heterocycles. The first-order chi connectivity index (χ1) is 15.7. The Bertz CT molecular complexity index is 1030. The van der Waals surface area contributed by atoms with Gasteiger partial charge in [-0.3, -0.25) is 9.59 Å². The van der Waals surface area contributed by atoms with E-state index >= 15 is 0 Å². The van der Waals surface area contributed by atoms with Crippen molar-refractivity contribution in [3.8, 4) is 0 Å². The predicted molar refractivity (Wildman–Crippen MR) is 132 cm³/mol. The third kappa shape index (κ3) is 5.00. The number of anilines is 1. The van der Waals surface area contributed by atoms with Gasteiger partial charge in [-0.2, -0.15) is 4.31 Å². The molecule has 2 fully saturated rings. The fraction of sp³-hybridized carbons (Fsp3) is 0.667. The summed E-state index contributed by atoms with van der Waals surface area (Å²) in [6, 6.07) is 3.68. The van der Waals surface area contributed by atoms with Crippen molar-refractivity contribution < 1.29 is 18.0 Å². The van der Waals surface area contributed by atoms with Crippen LogP contribution in [-0.4, -0.2) is 50.2 Å². The van der Waals surface area contributed by atoms with Gasteiger partial charge in [-0.1, -0.05) is 42.6 Å². The van der Waals surface area contributed by atoms with E-state index in [2.05, 4.69) is 28.2 Å². The average Bonchev–Trinajstić information content (AvgIpc) is 3.23. The van der Waals surface area contributed by atoms with Gasteiger partial charge >= 0.3 is 0 Å². The lowest BCUT2D eigenvalue weighted by molar-refractivity contribution is -0.127. The van der Waals surface area contributed by atoms with Crippen LogP contribution in [0.3, 0.4) is 0 Å². The van der Waals surface area contributed by atoms with Crippen LogP contribution >= 0.6 is 15.9 Å². The van der Waals surface area contributed by atoms with Gasteiger partial charge < -0.3 is 10.2 Å². The van der Waals surface area contributed by atoms with Crippen molar-refractivity contribution >= 4 is 43.5 Å². The number of hydrogen-bond acceptors (Lipinski definition) is 4. The molecular formula is C24H34BrN3O4S.